The largest absolute Gasteiger partial charge is 0.456 e. The van der Waals surface area contributed by atoms with Gasteiger partial charge >= 0.3 is 5.91 Å². The molecule has 6 nitrogen and oxygen atoms in total. The summed E-state index contributed by atoms with van der Waals surface area (Å²) in [6.07, 6.45) is 2.80. The molecule has 1 aliphatic rings. The van der Waals surface area contributed by atoms with Crippen molar-refractivity contribution in [2.75, 3.05) is 6.54 Å². The summed E-state index contributed by atoms with van der Waals surface area (Å²) in [7, 11) is 0. The van der Waals surface area contributed by atoms with Gasteiger partial charge in [0.25, 0.3) is 0 Å². The molecule has 1 aliphatic heterocycles. The molecule has 20 heavy (non-hydrogen) atoms. The number of carbonyl (C=O) groups is 2. The zero-order chi connectivity index (χ0) is 14.7. The van der Waals surface area contributed by atoms with Crippen LogP contribution in [0.25, 0.3) is 0 Å². The molecule has 110 valence electrons. The fraction of sp³-hybridized carbons (Fsp3) is 0.571. The highest BCUT2D eigenvalue weighted by molar-refractivity contribution is 5.91. The predicted molar refractivity (Wildman–Crippen MR) is 73.5 cm³/mol. The van der Waals surface area contributed by atoms with Crippen molar-refractivity contribution in [2.24, 2.45) is 11.8 Å². The lowest BCUT2D eigenvalue weighted by Gasteiger charge is -2.15. The monoisotopic (exact) mass is 279 g/mol. The van der Waals surface area contributed by atoms with Crippen LogP contribution < -0.4 is 11.3 Å². The Morgan fingerprint density at radius 2 is 2.35 bits per heavy atom. The lowest BCUT2D eigenvalue weighted by atomic mass is 10.0. The Morgan fingerprint density at radius 3 is 3.00 bits per heavy atom. The molecule has 3 N–H and O–H groups in total. The van der Waals surface area contributed by atoms with Crippen LogP contribution in [-0.4, -0.2) is 23.3 Å². The second kappa shape index (κ2) is 6.09. The lowest BCUT2D eigenvalue weighted by Crippen LogP contribution is -2.29. The Hall–Kier alpha value is -1.82. The van der Waals surface area contributed by atoms with E-state index in [1.54, 1.807) is 13.0 Å². The minimum Gasteiger partial charge on any atom is -0.456 e. The van der Waals surface area contributed by atoms with Crippen molar-refractivity contribution >= 4 is 11.8 Å². The van der Waals surface area contributed by atoms with Crippen LogP contribution in [0.3, 0.4) is 0 Å². The first-order chi connectivity index (χ1) is 9.55. The second-order valence-corrected chi connectivity index (χ2v) is 5.30. The molecule has 2 amide bonds. The molecule has 1 unspecified atom stereocenters. The van der Waals surface area contributed by atoms with Crippen LogP contribution in [0.2, 0.25) is 0 Å². The minimum absolute atomic E-state index is 0.175. The second-order valence-electron chi connectivity index (χ2n) is 5.30. The number of furan rings is 1. The highest BCUT2D eigenvalue weighted by atomic mass is 16.4. The molecule has 0 radical (unpaired) electrons. The van der Waals surface area contributed by atoms with Gasteiger partial charge in [0.05, 0.1) is 0 Å². The first kappa shape index (κ1) is 14.6. The van der Waals surface area contributed by atoms with Gasteiger partial charge in [-0.05, 0) is 25.3 Å². The topological polar surface area (TPSA) is 88.6 Å². The predicted octanol–water partition coefficient (Wildman–Crippen LogP) is 1.34. The van der Waals surface area contributed by atoms with Crippen LogP contribution in [0.4, 0.5) is 0 Å². The van der Waals surface area contributed by atoms with E-state index in [-0.39, 0.29) is 11.7 Å². The third-order valence-corrected chi connectivity index (χ3v) is 3.73. The van der Waals surface area contributed by atoms with Crippen molar-refractivity contribution < 1.29 is 14.0 Å². The summed E-state index contributed by atoms with van der Waals surface area (Å²) in [5.74, 6) is 6.07. The molecule has 0 saturated carbocycles. The van der Waals surface area contributed by atoms with E-state index in [2.05, 4.69) is 6.92 Å². The van der Waals surface area contributed by atoms with E-state index in [9.17, 15) is 9.59 Å². The van der Waals surface area contributed by atoms with Crippen molar-refractivity contribution in [3.05, 3.63) is 23.2 Å². The molecule has 0 bridgehead atoms. The van der Waals surface area contributed by atoms with E-state index in [1.807, 2.05) is 10.3 Å². The van der Waals surface area contributed by atoms with E-state index < -0.39 is 5.91 Å². The Kier molecular flexibility index (Phi) is 4.44. The molecular formula is C14H21N3O3. The van der Waals surface area contributed by atoms with Gasteiger partial charge in [-0.15, -0.1) is 0 Å². The summed E-state index contributed by atoms with van der Waals surface area (Å²) < 4.78 is 5.36. The van der Waals surface area contributed by atoms with Crippen LogP contribution in [0.15, 0.2) is 10.5 Å². The van der Waals surface area contributed by atoms with Gasteiger partial charge in [0.15, 0.2) is 5.76 Å². The Balaban J connectivity index is 2.05. The zero-order valence-electron chi connectivity index (χ0n) is 11.9. The number of nitrogens with zero attached hydrogens (tertiary/aromatic N) is 1. The number of carbonyl (C=O) groups excluding carboxylic acids is 2. The van der Waals surface area contributed by atoms with Crippen molar-refractivity contribution in [1.29, 1.82) is 0 Å². The maximum absolute atomic E-state index is 12.0. The molecule has 1 atom stereocenters. The van der Waals surface area contributed by atoms with Crippen LogP contribution in [0.1, 0.15) is 48.1 Å². The number of hydrazine groups is 1. The van der Waals surface area contributed by atoms with Crippen molar-refractivity contribution in [1.82, 2.24) is 10.3 Å². The number of amides is 2. The normalized spacial score (nSPS) is 18.6. The van der Waals surface area contributed by atoms with E-state index >= 15 is 0 Å². The van der Waals surface area contributed by atoms with Gasteiger partial charge in [-0.2, -0.15) is 0 Å². The number of nitrogens with one attached hydrogen (secondary N) is 1. The van der Waals surface area contributed by atoms with Gasteiger partial charge < -0.3 is 9.32 Å². The fourth-order valence-electron chi connectivity index (χ4n) is 2.67. The quantitative estimate of drug-likeness (QED) is 0.483. The first-order valence-corrected chi connectivity index (χ1v) is 6.93. The number of aryl methyl sites for hydroxylation is 1. The molecule has 1 fully saturated rings. The number of rotatable bonds is 5. The molecule has 6 heteroatoms. The van der Waals surface area contributed by atoms with Gasteiger partial charge in [-0.1, -0.05) is 13.3 Å². The Bertz CT molecular complexity index is 510. The average Bonchev–Trinajstić information content (AvgIpc) is 2.94. The van der Waals surface area contributed by atoms with E-state index in [1.165, 1.54) is 0 Å². The highest BCUT2D eigenvalue weighted by Gasteiger charge is 2.29. The van der Waals surface area contributed by atoms with Crippen LogP contribution in [0, 0.1) is 12.8 Å². The first-order valence-electron chi connectivity index (χ1n) is 6.93. The van der Waals surface area contributed by atoms with Crippen molar-refractivity contribution in [3.8, 4) is 0 Å². The number of nitrogens with two attached hydrogens (primary N) is 1. The summed E-state index contributed by atoms with van der Waals surface area (Å²) in [6, 6.07) is 1.65. The summed E-state index contributed by atoms with van der Waals surface area (Å²) >= 11 is 0. The molecule has 1 aromatic heterocycles. The minimum atomic E-state index is -0.462. The van der Waals surface area contributed by atoms with Gasteiger partial charge in [-0.25, -0.2) is 5.84 Å². The fourth-order valence-corrected chi connectivity index (χ4v) is 2.67. The van der Waals surface area contributed by atoms with Gasteiger partial charge in [0, 0.05) is 25.1 Å². The van der Waals surface area contributed by atoms with Crippen molar-refractivity contribution in [3.63, 3.8) is 0 Å². The van der Waals surface area contributed by atoms with Crippen LogP contribution in [-0.2, 0) is 11.3 Å². The number of hydrogen-bond acceptors (Lipinski definition) is 4. The lowest BCUT2D eigenvalue weighted by molar-refractivity contribution is -0.128. The third-order valence-electron chi connectivity index (χ3n) is 3.73. The molecule has 1 aromatic rings. The standard InChI is InChI=1S/C14H21N3O3/c1-3-4-10-5-13(18)17(7-10)8-11-6-12(14(19)16-15)20-9(11)2/h6,10H,3-5,7-8,15H2,1-2H3,(H,16,19). The summed E-state index contributed by atoms with van der Waals surface area (Å²) in [4.78, 5) is 25.2. The molecule has 0 spiro atoms. The van der Waals surface area contributed by atoms with Gasteiger partial charge in [0.2, 0.25) is 5.91 Å². The molecule has 2 rings (SSSR count). The van der Waals surface area contributed by atoms with Crippen molar-refractivity contribution in [2.45, 2.75) is 39.7 Å². The maximum atomic E-state index is 12.0. The maximum Gasteiger partial charge on any atom is 0.300 e. The van der Waals surface area contributed by atoms with Crippen LogP contribution >= 0.6 is 0 Å². The molecule has 1 saturated heterocycles. The zero-order valence-corrected chi connectivity index (χ0v) is 11.9. The molecule has 0 aliphatic carbocycles. The summed E-state index contributed by atoms with van der Waals surface area (Å²) in [5, 5.41) is 0. The van der Waals surface area contributed by atoms with Crippen LogP contribution in [0.5, 0.6) is 0 Å². The smallest absolute Gasteiger partial charge is 0.300 e. The van der Waals surface area contributed by atoms with E-state index in [0.717, 1.165) is 24.9 Å². The third kappa shape index (κ3) is 3.01. The molecule has 0 aromatic carbocycles. The number of likely N-dealkylation sites (tertiary alicyclic amines) is 1. The number of nitrogen functional groups attached to an aromatic ring is 1. The van der Waals surface area contributed by atoms with E-state index in [4.69, 9.17) is 10.3 Å². The number of hydrogen-bond donors (Lipinski definition) is 2. The SMILES string of the molecule is CCCC1CC(=O)N(Cc2cc(C(=O)NN)oc2C)C1. The average molecular weight is 279 g/mol. The van der Waals surface area contributed by atoms with E-state index in [0.29, 0.717) is 24.6 Å². The molecule has 2 heterocycles. The summed E-state index contributed by atoms with van der Waals surface area (Å²) in [5.41, 5.74) is 2.89. The summed E-state index contributed by atoms with van der Waals surface area (Å²) in [6.45, 7) is 5.19. The van der Waals surface area contributed by atoms with Gasteiger partial charge in [0.1, 0.15) is 5.76 Å². The Morgan fingerprint density at radius 1 is 1.60 bits per heavy atom. The highest BCUT2D eigenvalue weighted by Crippen LogP contribution is 2.25. The van der Waals surface area contributed by atoms with Gasteiger partial charge in [-0.3, -0.25) is 15.0 Å². The Labute approximate surface area is 118 Å². The molecular weight excluding hydrogens is 258 g/mol.